The molecule has 1 fully saturated rings. The van der Waals surface area contributed by atoms with Crippen LogP contribution in [0.5, 0.6) is 0 Å². The lowest BCUT2D eigenvalue weighted by atomic mass is 10.3. The van der Waals surface area contributed by atoms with Gasteiger partial charge in [0.05, 0.1) is 19.4 Å². The summed E-state index contributed by atoms with van der Waals surface area (Å²) in [6.45, 7) is 2.23. The van der Waals surface area contributed by atoms with Gasteiger partial charge in [-0.3, -0.25) is 4.79 Å². The Hall–Kier alpha value is -1.49. The minimum absolute atomic E-state index is 0.168. The maximum atomic E-state index is 12.6. The number of hydrogen-bond donors (Lipinski definition) is 0. The molecule has 0 aliphatic carbocycles. The van der Waals surface area contributed by atoms with Crippen molar-refractivity contribution in [1.29, 1.82) is 0 Å². The lowest BCUT2D eigenvalue weighted by molar-refractivity contribution is 0.0299. The van der Waals surface area contributed by atoms with Crippen molar-refractivity contribution in [3.05, 3.63) is 29.8 Å². The summed E-state index contributed by atoms with van der Waals surface area (Å²) < 4.78 is 17.7. The Morgan fingerprint density at radius 2 is 2.13 bits per heavy atom. The van der Waals surface area contributed by atoms with Crippen molar-refractivity contribution in [3.63, 3.8) is 0 Å². The van der Waals surface area contributed by atoms with E-state index in [0.29, 0.717) is 26.3 Å². The lowest BCUT2D eigenvalue weighted by Gasteiger charge is -2.26. The first-order chi connectivity index (χ1) is 7.27. The van der Waals surface area contributed by atoms with Crippen LogP contribution in [0.25, 0.3) is 0 Å². The van der Waals surface area contributed by atoms with Crippen molar-refractivity contribution in [3.8, 4) is 0 Å². The van der Waals surface area contributed by atoms with Crippen molar-refractivity contribution in [1.82, 2.24) is 9.88 Å². The molecule has 15 heavy (non-hydrogen) atoms. The number of pyridine rings is 1. The second-order valence-corrected chi connectivity index (χ2v) is 3.27. The maximum absolute atomic E-state index is 12.6. The summed E-state index contributed by atoms with van der Waals surface area (Å²) >= 11 is 0. The summed E-state index contributed by atoms with van der Waals surface area (Å²) in [4.78, 5) is 17.2. The van der Waals surface area contributed by atoms with Crippen molar-refractivity contribution in [2.75, 3.05) is 26.3 Å². The van der Waals surface area contributed by atoms with Gasteiger partial charge in [-0.15, -0.1) is 0 Å². The summed E-state index contributed by atoms with van der Waals surface area (Å²) in [5.41, 5.74) is 0.276. The van der Waals surface area contributed by atoms with Crippen molar-refractivity contribution >= 4 is 5.91 Å². The molecule has 1 saturated heterocycles. The Morgan fingerprint density at radius 1 is 1.40 bits per heavy atom. The minimum Gasteiger partial charge on any atom is -0.378 e. The Bertz CT molecular complexity index is 347. The molecular weight excluding hydrogens is 199 g/mol. The molecule has 1 aromatic rings. The van der Waals surface area contributed by atoms with Gasteiger partial charge in [0.15, 0.2) is 0 Å². The SMILES string of the molecule is O=C(c1ccc(F)cn1)N1CCOCC1. The number of hydrogen-bond acceptors (Lipinski definition) is 3. The number of morpholine rings is 1. The fourth-order valence-corrected chi connectivity index (χ4v) is 1.43. The second-order valence-electron chi connectivity index (χ2n) is 3.27. The molecule has 2 heterocycles. The molecule has 4 nitrogen and oxygen atoms in total. The summed E-state index contributed by atoms with van der Waals surface area (Å²) in [6, 6.07) is 2.63. The predicted molar refractivity (Wildman–Crippen MR) is 50.9 cm³/mol. The average Bonchev–Trinajstić information content (AvgIpc) is 2.30. The minimum atomic E-state index is -0.437. The number of carbonyl (C=O) groups is 1. The second kappa shape index (κ2) is 4.35. The molecule has 5 heteroatoms. The molecule has 1 aliphatic rings. The van der Waals surface area contributed by atoms with Crippen molar-refractivity contribution in [2.24, 2.45) is 0 Å². The van der Waals surface area contributed by atoms with Gasteiger partial charge in [-0.25, -0.2) is 9.37 Å². The number of nitrogens with zero attached hydrogens (tertiary/aromatic N) is 2. The van der Waals surface area contributed by atoms with E-state index < -0.39 is 5.82 Å². The normalized spacial score (nSPS) is 16.5. The summed E-state index contributed by atoms with van der Waals surface area (Å²) in [7, 11) is 0. The maximum Gasteiger partial charge on any atom is 0.272 e. The Morgan fingerprint density at radius 3 is 2.73 bits per heavy atom. The van der Waals surface area contributed by atoms with E-state index in [1.54, 1.807) is 4.90 Å². The molecule has 0 saturated carbocycles. The summed E-state index contributed by atoms with van der Waals surface area (Å²) in [5, 5.41) is 0. The smallest absolute Gasteiger partial charge is 0.272 e. The van der Waals surface area contributed by atoms with Gasteiger partial charge in [0.2, 0.25) is 0 Å². The molecule has 1 aromatic heterocycles. The van der Waals surface area contributed by atoms with Gasteiger partial charge in [0.1, 0.15) is 11.5 Å². The first-order valence-electron chi connectivity index (χ1n) is 4.76. The molecule has 2 rings (SSSR count). The Kier molecular flexibility index (Phi) is 2.91. The van der Waals surface area contributed by atoms with E-state index in [1.165, 1.54) is 12.1 Å². The van der Waals surface area contributed by atoms with Gasteiger partial charge >= 0.3 is 0 Å². The number of amides is 1. The standard InChI is InChI=1S/C10H11FN2O2/c11-8-1-2-9(12-7-8)10(14)13-3-5-15-6-4-13/h1-2,7H,3-6H2. The van der Waals surface area contributed by atoms with Crippen LogP contribution >= 0.6 is 0 Å². The van der Waals surface area contributed by atoms with Gasteiger partial charge in [0.25, 0.3) is 5.91 Å². The molecule has 1 amide bonds. The highest BCUT2D eigenvalue weighted by molar-refractivity contribution is 5.92. The van der Waals surface area contributed by atoms with E-state index in [4.69, 9.17) is 4.74 Å². The van der Waals surface area contributed by atoms with Crippen LogP contribution in [0, 0.1) is 5.82 Å². The van der Waals surface area contributed by atoms with Gasteiger partial charge in [0, 0.05) is 13.1 Å². The monoisotopic (exact) mass is 210 g/mol. The summed E-state index contributed by atoms with van der Waals surface area (Å²) in [5.74, 6) is -0.605. The van der Waals surface area contributed by atoms with Crippen LogP contribution in [0.3, 0.4) is 0 Å². The van der Waals surface area contributed by atoms with Crippen LogP contribution in [0.2, 0.25) is 0 Å². The van der Waals surface area contributed by atoms with Crippen molar-refractivity contribution in [2.45, 2.75) is 0 Å². The molecule has 0 bridgehead atoms. The van der Waals surface area contributed by atoms with Gasteiger partial charge in [-0.1, -0.05) is 0 Å². The van der Waals surface area contributed by atoms with Crippen LogP contribution in [0.1, 0.15) is 10.5 Å². The van der Waals surface area contributed by atoms with Crippen LogP contribution < -0.4 is 0 Å². The fourth-order valence-electron chi connectivity index (χ4n) is 1.43. The number of ether oxygens (including phenoxy) is 1. The largest absolute Gasteiger partial charge is 0.378 e. The van der Waals surface area contributed by atoms with Gasteiger partial charge < -0.3 is 9.64 Å². The highest BCUT2D eigenvalue weighted by Gasteiger charge is 2.19. The molecule has 80 valence electrons. The molecular formula is C10H11FN2O2. The highest BCUT2D eigenvalue weighted by atomic mass is 19.1. The van der Waals surface area contributed by atoms with Crippen LogP contribution in [0.4, 0.5) is 4.39 Å². The summed E-state index contributed by atoms with van der Waals surface area (Å²) in [6.07, 6.45) is 1.05. The van der Waals surface area contributed by atoms with E-state index >= 15 is 0 Å². The van der Waals surface area contributed by atoms with E-state index in [2.05, 4.69) is 4.98 Å². The lowest BCUT2D eigenvalue weighted by Crippen LogP contribution is -2.41. The zero-order chi connectivity index (χ0) is 10.7. The number of carbonyl (C=O) groups excluding carboxylic acids is 1. The third kappa shape index (κ3) is 2.30. The Balaban J connectivity index is 2.09. The predicted octanol–water partition coefficient (Wildman–Crippen LogP) is 0.693. The molecule has 0 unspecified atom stereocenters. The van der Waals surface area contributed by atoms with Crippen LogP contribution in [-0.4, -0.2) is 42.1 Å². The average molecular weight is 210 g/mol. The first-order valence-corrected chi connectivity index (χ1v) is 4.76. The molecule has 0 atom stereocenters. The molecule has 0 spiro atoms. The van der Waals surface area contributed by atoms with Gasteiger partial charge in [-0.05, 0) is 12.1 Å². The fraction of sp³-hybridized carbons (Fsp3) is 0.400. The van der Waals surface area contributed by atoms with Crippen molar-refractivity contribution < 1.29 is 13.9 Å². The van der Waals surface area contributed by atoms with E-state index in [0.717, 1.165) is 6.20 Å². The van der Waals surface area contributed by atoms with Crippen LogP contribution in [-0.2, 0) is 4.74 Å². The highest BCUT2D eigenvalue weighted by Crippen LogP contribution is 2.05. The molecule has 0 radical (unpaired) electrons. The Labute approximate surface area is 86.7 Å². The van der Waals surface area contributed by atoms with Crippen LogP contribution in [0.15, 0.2) is 18.3 Å². The van der Waals surface area contributed by atoms with Gasteiger partial charge in [-0.2, -0.15) is 0 Å². The number of halogens is 1. The zero-order valence-electron chi connectivity index (χ0n) is 8.15. The molecule has 1 aliphatic heterocycles. The number of aromatic nitrogens is 1. The third-order valence-electron chi connectivity index (χ3n) is 2.24. The van der Waals surface area contributed by atoms with E-state index in [-0.39, 0.29) is 11.6 Å². The van der Waals surface area contributed by atoms with E-state index in [1.807, 2.05) is 0 Å². The molecule has 0 aromatic carbocycles. The van der Waals surface area contributed by atoms with E-state index in [9.17, 15) is 9.18 Å². The first kappa shape index (κ1) is 10.0. The zero-order valence-corrected chi connectivity index (χ0v) is 8.15. The molecule has 0 N–H and O–H groups in total. The third-order valence-corrected chi connectivity index (χ3v) is 2.24. The quantitative estimate of drug-likeness (QED) is 0.685. The topological polar surface area (TPSA) is 42.4 Å². The number of rotatable bonds is 1.